The van der Waals surface area contributed by atoms with Gasteiger partial charge in [0.2, 0.25) is 0 Å². The summed E-state index contributed by atoms with van der Waals surface area (Å²) in [5.74, 6) is 0.104. The van der Waals surface area contributed by atoms with E-state index < -0.39 is 0 Å². The molecule has 94 valence electrons. The van der Waals surface area contributed by atoms with Crippen molar-refractivity contribution in [3.05, 3.63) is 52.2 Å². The fourth-order valence-electron chi connectivity index (χ4n) is 2.06. The molecule has 0 aliphatic carbocycles. The molecule has 19 heavy (non-hydrogen) atoms. The van der Waals surface area contributed by atoms with E-state index in [1.807, 2.05) is 23.6 Å². The molecule has 3 rings (SSSR count). The van der Waals surface area contributed by atoms with E-state index >= 15 is 0 Å². The minimum Gasteiger partial charge on any atom is -0.294 e. The number of aromatic nitrogens is 1. The van der Waals surface area contributed by atoms with Gasteiger partial charge in [-0.05, 0) is 38.1 Å². The lowest BCUT2D eigenvalue weighted by Crippen LogP contribution is -1.86. The number of Topliss-reactive ketones (excluding diaryl/α,β-unsaturated/α-hetero) is 1. The normalized spacial score (nSPS) is 10.8. The van der Waals surface area contributed by atoms with Gasteiger partial charge < -0.3 is 0 Å². The number of fused-ring (bicyclic) bond motifs is 1. The summed E-state index contributed by atoms with van der Waals surface area (Å²) in [7, 11) is 0. The lowest BCUT2D eigenvalue weighted by Gasteiger charge is -2.02. The summed E-state index contributed by atoms with van der Waals surface area (Å²) in [6.45, 7) is 3.66. The summed E-state index contributed by atoms with van der Waals surface area (Å²) >= 11 is 1.47. The highest BCUT2D eigenvalue weighted by atomic mass is 32.1. The number of thiophene rings is 1. The summed E-state index contributed by atoms with van der Waals surface area (Å²) in [4.78, 5) is 16.8. The Kier molecular flexibility index (Phi) is 2.91. The van der Waals surface area contributed by atoms with Gasteiger partial charge in [0.05, 0.1) is 16.1 Å². The smallest absolute Gasteiger partial charge is 0.169 e. The fourth-order valence-corrected chi connectivity index (χ4v) is 2.86. The molecule has 0 bridgehead atoms. The van der Waals surface area contributed by atoms with Crippen molar-refractivity contribution in [2.24, 2.45) is 0 Å². The zero-order valence-electron chi connectivity index (χ0n) is 10.8. The maximum Gasteiger partial charge on any atom is 0.169 e. The molecule has 0 fully saturated rings. The Morgan fingerprint density at radius 2 is 2.00 bits per heavy atom. The molecule has 0 unspecified atom stereocenters. The van der Waals surface area contributed by atoms with Gasteiger partial charge in [0, 0.05) is 16.3 Å². The molecular formula is C16H13NOS. The van der Waals surface area contributed by atoms with Crippen molar-refractivity contribution in [3.63, 3.8) is 0 Å². The fraction of sp³-hybridized carbons (Fsp3) is 0.125. The third kappa shape index (κ3) is 2.29. The molecule has 3 heteroatoms. The van der Waals surface area contributed by atoms with Crippen LogP contribution in [0.3, 0.4) is 0 Å². The Morgan fingerprint density at radius 1 is 1.16 bits per heavy atom. The first-order valence-electron chi connectivity index (χ1n) is 6.11. The van der Waals surface area contributed by atoms with E-state index in [1.165, 1.54) is 16.9 Å². The van der Waals surface area contributed by atoms with Gasteiger partial charge in [0.1, 0.15) is 0 Å². The lowest BCUT2D eigenvalue weighted by atomic mass is 10.1. The first-order valence-corrected chi connectivity index (χ1v) is 6.99. The van der Waals surface area contributed by atoms with Crippen LogP contribution in [0.15, 0.2) is 41.8 Å². The Balaban J connectivity index is 2.09. The maximum atomic E-state index is 11.3. The van der Waals surface area contributed by atoms with Crippen molar-refractivity contribution >= 4 is 28.0 Å². The van der Waals surface area contributed by atoms with Crippen LogP contribution in [0, 0.1) is 6.92 Å². The second-order valence-electron chi connectivity index (χ2n) is 4.65. The van der Waals surface area contributed by atoms with Crippen LogP contribution in [0.25, 0.3) is 22.2 Å². The van der Waals surface area contributed by atoms with E-state index in [9.17, 15) is 4.79 Å². The average molecular weight is 267 g/mol. The van der Waals surface area contributed by atoms with Gasteiger partial charge >= 0.3 is 0 Å². The number of hydrogen-bond acceptors (Lipinski definition) is 3. The molecule has 0 aliphatic heterocycles. The number of carbonyl (C=O) groups excluding carboxylic acids is 1. The highest BCUT2D eigenvalue weighted by Gasteiger charge is 2.07. The summed E-state index contributed by atoms with van der Waals surface area (Å²) < 4.78 is 0. The molecule has 0 saturated heterocycles. The van der Waals surface area contributed by atoms with Crippen LogP contribution < -0.4 is 0 Å². The number of hydrogen-bond donors (Lipinski definition) is 0. The lowest BCUT2D eigenvalue weighted by molar-refractivity contribution is 0.102. The van der Waals surface area contributed by atoms with Crippen LogP contribution in [0.4, 0.5) is 0 Å². The second-order valence-corrected chi connectivity index (χ2v) is 5.56. The largest absolute Gasteiger partial charge is 0.294 e. The SMILES string of the molecule is CC(=O)c1cc(-c2ccc3cc(C)ccc3n2)cs1. The van der Waals surface area contributed by atoms with Crippen LogP contribution in [0.1, 0.15) is 22.2 Å². The molecule has 2 heterocycles. The first kappa shape index (κ1) is 12.1. The zero-order valence-corrected chi connectivity index (χ0v) is 11.6. The van der Waals surface area contributed by atoms with Crippen molar-refractivity contribution in [1.82, 2.24) is 4.98 Å². The molecule has 0 aliphatic rings. The van der Waals surface area contributed by atoms with E-state index in [0.717, 1.165) is 27.0 Å². The van der Waals surface area contributed by atoms with Crippen molar-refractivity contribution < 1.29 is 4.79 Å². The maximum absolute atomic E-state index is 11.3. The van der Waals surface area contributed by atoms with Gasteiger partial charge in [-0.25, -0.2) is 4.98 Å². The standard InChI is InChI=1S/C16H13NOS/c1-10-3-5-14-12(7-10)4-6-15(17-14)13-8-16(11(2)18)19-9-13/h3-9H,1-2H3. The van der Waals surface area contributed by atoms with Gasteiger partial charge in [-0.2, -0.15) is 0 Å². The van der Waals surface area contributed by atoms with E-state index in [1.54, 1.807) is 6.92 Å². The molecule has 0 radical (unpaired) electrons. The minimum atomic E-state index is 0.104. The van der Waals surface area contributed by atoms with Crippen LogP contribution in [-0.4, -0.2) is 10.8 Å². The van der Waals surface area contributed by atoms with E-state index in [2.05, 4.69) is 30.1 Å². The summed E-state index contributed by atoms with van der Waals surface area (Å²) in [5.41, 5.74) is 4.15. The molecule has 2 aromatic heterocycles. The van der Waals surface area contributed by atoms with Crippen molar-refractivity contribution in [3.8, 4) is 11.3 Å². The summed E-state index contributed by atoms with van der Waals surface area (Å²) in [5, 5.41) is 3.13. The van der Waals surface area contributed by atoms with Crippen molar-refractivity contribution in [2.45, 2.75) is 13.8 Å². The van der Waals surface area contributed by atoms with E-state index in [0.29, 0.717) is 0 Å². The first-order chi connectivity index (χ1) is 9.13. The van der Waals surface area contributed by atoms with Crippen molar-refractivity contribution in [2.75, 3.05) is 0 Å². The van der Waals surface area contributed by atoms with Gasteiger partial charge in [-0.3, -0.25) is 4.79 Å². The molecule has 0 N–H and O–H groups in total. The third-order valence-corrected chi connectivity index (χ3v) is 4.12. The Bertz CT molecular complexity index is 773. The molecule has 2 nitrogen and oxygen atoms in total. The molecule has 3 aromatic rings. The number of ketones is 1. The predicted molar refractivity (Wildman–Crippen MR) is 79.8 cm³/mol. The highest BCUT2D eigenvalue weighted by Crippen LogP contribution is 2.26. The van der Waals surface area contributed by atoms with E-state index in [4.69, 9.17) is 0 Å². The summed E-state index contributed by atoms with van der Waals surface area (Å²) in [6, 6.07) is 12.2. The Morgan fingerprint density at radius 3 is 2.74 bits per heavy atom. The third-order valence-electron chi connectivity index (χ3n) is 3.09. The number of nitrogens with zero attached hydrogens (tertiary/aromatic N) is 1. The Hall–Kier alpha value is -2.00. The second kappa shape index (κ2) is 4.59. The average Bonchev–Trinajstić information content (AvgIpc) is 2.88. The number of carbonyl (C=O) groups is 1. The van der Waals surface area contributed by atoms with Gasteiger partial charge in [-0.1, -0.05) is 17.7 Å². The van der Waals surface area contributed by atoms with Crippen LogP contribution in [0.2, 0.25) is 0 Å². The quantitative estimate of drug-likeness (QED) is 0.641. The van der Waals surface area contributed by atoms with Gasteiger partial charge in [0.15, 0.2) is 5.78 Å². The number of pyridine rings is 1. The van der Waals surface area contributed by atoms with Crippen LogP contribution >= 0.6 is 11.3 Å². The molecule has 0 saturated carbocycles. The van der Waals surface area contributed by atoms with Crippen LogP contribution in [-0.2, 0) is 0 Å². The van der Waals surface area contributed by atoms with E-state index in [-0.39, 0.29) is 5.78 Å². The van der Waals surface area contributed by atoms with Gasteiger partial charge in [-0.15, -0.1) is 11.3 Å². The molecule has 0 spiro atoms. The molecular weight excluding hydrogens is 254 g/mol. The zero-order chi connectivity index (χ0) is 13.4. The predicted octanol–water partition coefficient (Wildman–Crippen LogP) is 4.47. The van der Waals surface area contributed by atoms with Crippen LogP contribution in [0.5, 0.6) is 0 Å². The van der Waals surface area contributed by atoms with Crippen molar-refractivity contribution in [1.29, 1.82) is 0 Å². The minimum absolute atomic E-state index is 0.104. The molecule has 0 amide bonds. The Labute approximate surface area is 115 Å². The molecule has 0 atom stereocenters. The monoisotopic (exact) mass is 267 g/mol. The van der Waals surface area contributed by atoms with Gasteiger partial charge in [0.25, 0.3) is 0 Å². The number of aryl methyl sites for hydroxylation is 1. The molecule has 1 aromatic carbocycles. The number of rotatable bonds is 2. The number of benzene rings is 1. The summed E-state index contributed by atoms with van der Waals surface area (Å²) in [6.07, 6.45) is 0. The topological polar surface area (TPSA) is 30.0 Å². The highest BCUT2D eigenvalue weighted by molar-refractivity contribution is 7.12.